The van der Waals surface area contributed by atoms with E-state index in [2.05, 4.69) is 36.8 Å². The van der Waals surface area contributed by atoms with Crippen molar-refractivity contribution in [3.8, 4) is 11.6 Å². The topological polar surface area (TPSA) is 59.4 Å². The van der Waals surface area contributed by atoms with E-state index in [-0.39, 0.29) is 17.2 Å². The molecule has 4 nitrogen and oxygen atoms in total. The molecule has 1 aromatic heterocycles. The van der Waals surface area contributed by atoms with Crippen LogP contribution in [-0.4, -0.2) is 16.1 Å². The van der Waals surface area contributed by atoms with Gasteiger partial charge in [-0.25, -0.2) is 14.2 Å². The van der Waals surface area contributed by atoms with Crippen LogP contribution in [0.5, 0.6) is 11.6 Å². The second-order valence-corrected chi connectivity index (χ2v) is 5.26. The van der Waals surface area contributed by atoms with Crippen molar-refractivity contribution in [1.82, 2.24) is 4.98 Å². The zero-order valence-electron chi connectivity index (χ0n) is 9.23. The number of aromatic nitrogens is 1. The molecule has 0 bridgehead atoms. The summed E-state index contributed by atoms with van der Waals surface area (Å²) in [6.07, 6.45) is 1.42. The molecule has 0 saturated heterocycles. The highest BCUT2D eigenvalue weighted by Crippen LogP contribution is 2.31. The average molecular weight is 391 g/mol. The molecule has 0 fully saturated rings. The highest BCUT2D eigenvalue weighted by Gasteiger charge is 2.15. The van der Waals surface area contributed by atoms with Crippen molar-refractivity contribution < 1.29 is 19.0 Å². The van der Waals surface area contributed by atoms with Crippen molar-refractivity contribution in [2.45, 2.75) is 0 Å². The third kappa shape index (κ3) is 3.30. The highest BCUT2D eigenvalue weighted by atomic mass is 79.9. The van der Waals surface area contributed by atoms with E-state index < -0.39 is 11.8 Å². The number of carbonyl (C=O) groups is 1. The van der Waals surface area contributed by atoms with Gasteiger partial charge in [0.15, 0.2) is 0 Å². The van der Waals surface area contributed by atoms with E-state index in [9.17, 15) is 9.18 Å². The lowest BCUT2D eigenvalue weighted by Gasteiger charge is -2.09. The first-order valence-corrected chi connectivity index (χ1v) is 6.57. The predicted octanol–water partition coefficient (Wildman–Crippen LogP) is 4.24. The van der Waals surface area contributed by atoms with Crippen LogP contribution >= 0.6 is 31.9 Å². The minimum absolute atomic E-state index is 0.0667. The number of pyridine rings is 1. The van der Waals surface area contributed by atoms with E-state index in [1.807, 2.05) is 0 Å². The summed E-state index contributed by atoms with van der Waals surface area (Å²) >= 11 is 6.26. The van der Waals surface area contributed by atoms with E-state index in [4.69, 9.17) is 9.84 Å². The van der Waals surface area contributed by atoms with Crippen LogP contribution in [0.25, 0.3) is 0 Å². The standard InChI is InChI=1S/C12H6Br2FNO3/c13-6-3-8(12(17)18)11(16-5-6)19-10-2-1-7(15)4-9(10)14/h1-5H,(H,17,18). The van der Waals surface area contributed by atoms with Crippen molar-refractivity contribution in [2.24, 2.45) is 0 Å². The van der Waals surface area contributed by atoms with Crippen LogP contribution in [0.2, 0.25) is 0 Å². The van der Waals surface area contributed by atoms with Gasteiger partial charge in [-0.3, -0.25) is 0 Å². The first-order chi connectivity index (χ1) is 8.97. The quantitative estimate of drug-likeness (QED) is 0.851. The Morgan fingerprint density at radius 1 is 1.32 bits per heavy atom. The number of halogens is 3. The van der Waals surface area contributed by atoms with Gasteiger partial charge in [-0.2, -0.15) is 0 Å². The first kappa shape index (κ1) is 14.0. The Hall–Kier alpha value is -1.47. The van der Waals surface area contributed by atoms with Gasteiger partial charge < -0.3 is 9.84 Å². The average Bonchev–Trinajstić information content (AvgIpc) is 2.34. The first-order valence-electron chi connectivity index (χ1n) is 4.99. The summed E-state index contributed by atoms with van der Waals surface area (Å²) in [4.78, 5) is 15.0. The van der Waals surface area contributed by atoms with Crippen LogP contribution in [-0.2, 0) is 0 Å². The molecule has 0 aliphatic carbocycles. The molecule has 1 heterocycles. The molecule has 2 rings (SSSR count). The van der Waals surface area contributed by atoms with Crippen LogP contribution in [0.3, 0.4) is 0 Å². The fraction of sp³-hybridized carbons (Fsp3) is 0. The van der Waals surface area contributed by atoms with Crippen LogP contribution in [0.15, 0.2) is 39.4 Å². The molecule has 0 saturated carbocycles. The number of hydrogen-bond acceptors (Lipinski definition) is 3. The zero-order valence-corrected chi connectivity index (χ0v) is 12.4. The molecule has 0 spiro atoms. The van der Waals surface area contributed by atoms with Gasteiger partial charge in [-0.1, -0.05) is 0 Å². The van der Waals surface area contributed by atoms with Gasteiger partial charge in [0, 0.05) is 10.7 Å². The maximum Gasteiger partial charge on any atom is 0.341 e. The predicted molar refractivity (Wildman–Crippen MR) is 73.1 cm³/mol. The van der Waals surface area contributed by atoms with Crippen LogP contribution in [0.1, 0.15) is 10.4 Å². The maximum atomic E-state index is 12.9. The number of hydrogen-bond donors (Lipinski definition) is 1. The molecule has 0 radical (unpaired) electrons. The number of nitrogens with zero attached hydrogens (tertiary/aromatic N) is 1. The SMILES string of the molecule is O=C(O)c1cc(Br)cnc1Oc1ccc(F)cc1Br. The number of aromatic carboxylic acids is 1. The van der Waals surface area contributed by atoms with Gasteiger partial charge in [-0.15, -0.1) is 0 Å². The third-order valence-electron chi connectivity index (χ3n) is 2.15. The van der Waals surface area contributed by atoms with E-state index >= 15 is 0 Å². The molecule has 0 unspecified atom stereocenters. The molecular formula is C12H6Br2FNO3. The van der Waals surface area contributed by atoms with E-state index in [1.54, 1.807) is 0 Å². The molecule has 1 N–H and O–H groups in total. The Bertz CT molecular complexity index is 649. The minimum atomic E-state index is -1.16. The fourth-order valence-corrected chi connectivity index (χ4v) is 2.09. The molecule has 0 amide bonds. The van der Waals surface area contributed by atoms with Gasteiger partial charge in [0.1, 0.15) is 17.1 Å². The van der Waals surface area contributed by atoms with Crippen molar-refractivity contribution >= 4 is 37.8 Å². The number of ether oxygens (including phenoxy) is 1. The van der Waals surface area contributed by atoms with Crippen molar-refractivity contribution in [2.75, 3.05) is 0 Å². The normalized spacial score (nSPS) is 10.3. The molecule has 7 heteroatoms. The summed E-state index contributed by atoms with van der Waals surface area (Å²) < 4.78 is 19.2. The molecule has 0 aliphatic rings. The van der Waals surface area contributed by atoms with Crippen molar-refractivity contribution in [1.29, 1.82) is 0 Å². The Labute approximate surface area is 124 Å². The largest absolute Gasteiger partial charge is 0.477 e. The van der Waals surface area contributed by atoms with Crippen LogP contribution in [0, 0.1) is 5.82 Å². The summed E-state index contributed by atoms with van der Waals surface area (Å²) in [6.45, 7) is 0. The van der Waals surface area contributed by atoms with Crippen molar-refractivity contribution in [3.05, 3.63) is 50.8 Å². The Morgan fingerprint density at radius 2 is 2.05 bits per heavy atom. The number of carboxylic acid groups (broad SMARTS) is 1. The number of rotatable bonds is 3. The molecular weight excluding hydrogens is 385 g/mol. The second kappa shape index (κ2) is 5.66. The molecule has 1 aromatic carbocycles. The number of benzene rings is 1. The molecule has 98 valence electrons. The smallest absolute Gasteiger partial charge is 0.341 e. The fourth-order valence-electron chi connectivity index (χ4n) is 1.32. The lowest BCUT2D eigenvalue weighted by atomic mass is 10.3. The summed E-state index contributed by atoms with van der Waals surface area (Å²) in [6, 6.07) is 5.19. The maximum absolute atomic E-state index is 12.9. The van der Waals surface area contributed by atoms with Gasteiger partial charge in [0.2, 0.25) is 5.88 Å². The zero-order chi connectivity index (χ0) is 14.0. The van der Waals surface area contributed by atoms with E-state index in [0.717, 1.165) is 0 Å². The van der Waals surface area contributed by atoms with Crippen LogP contribution < -0.4 is 4.74 Å². The summed E-state index contributed by atoms with van der Waals surface area (Å²) in [7, 11) is 0. The number of carboxylic acids is 1. The monoisotopic (exact) mass is 389 g/mol. The summed E-state index contributed by atoms with van der Waals surface area (Å²) in [5.41, 5.74) is -0.0920. The Morgan fingerprint density at radius 3 is 2.68 bits per heavy atom. The summed E-state index contributed by atoms with van der Waals surface area (Å²) in [5, 5.41) is 9.07. The molecule has 2 aromatic rings. The van der Waals surface area contributed by atoms with E-state index in [1.165, 1.54) is 30.5 Å². The Kier molecular flexibility index (Phi) is 4.16. The Balaban J connectivity index is 2.40. The van der Waals surface area contributed by atoms with Gasteiger partial charge >= 0.3 is 5.97 Å². The molecule has 0 aliphatic heterocycles. The minimum Gasteiger partial charge on any atom is -0.477 e. The van der Waals surface area contributed by atoms with Crippen molar-refractivity contribution in [3.63, 3.8) is 0 Å². The van der Waals surface area contributed by atoms with Gasteiger partial charge in [0.25, 0.3) is 0 Å². The molecule has 19 heavy (non-hydrogen) atoms. The highest BCUT2D eigenvalue weighted by molar-refractivity contribution is 9.10. The third-order valence-corrected chi connectivity index (χ3v) is 3.20. The van der Waals surface area contributed by atoms with Gasteiger partial charge in [-0.05, 0) is 56.1 Å². The van der Waals surface area contributed by atoms with E-state index in [0.29, 0.717) is 8.95 Å². The lowest BCUT2D eigenvalue weighted by Crippen LogP contribution is -2.02. The second-order valence-electron chi connectivity index (χ2n) is 3.49. The van der Waals surface area contributed by atoms with Gasteiger partial charge in [0.05, 0.1) is 4.47 Å². The van der Waals surface area contributed by atoms with Crippen LogP contribution in [0.4, 0.5) is 4.39 Å². The molecule has 0 atom stereocenters. The summed E-state index contributed by atoms with van der Waals surface area (Å²) in [5.74, 6) is -1.38. The lowest BCUT2D eigenvalue weighted by molar-refractivity contribution is 0.0693.